The molecule has 0 N–H and O–H groups in total. The van der Waals surface area contributed by atoms with Gasteiger partial charge in [-0.2, -0.15) is 22.0 Å². The van der Waals surface area contributed by atoms with E-state index >= 15 is 0 Å². The van der Waals surface area contributed by atoms with Crippen LogP contribution in [-0.2, 0) is 0 Å². The lowest BCUT2D eigenvalue weighted by Crippen LogP contribution is -2.36. The molecule has 24 heavy (non-hydrogen) atoms. The van der Waals surface area contributed by atoms with Gasteiger partial charge in [-0.25, -0.2) is 0 Å². The van der Waals surface area contributed by atoms with Crippen LogP contribution < -0.4 is 0 Å². The maximum Gasteiger partial charge on any atom is 0.453 e. The third-order valence-corrected chi connectivity index (χ3v) is 4.51. The normalized spacial score (nSPS) is 12.8. The van der Waals surface area contributed by atoms with Gasteiger partial charge in [-0.3, -0.25) is 0 Å². The van der Waals surface area contributed by atoms with Crippen molar-refractivity contribution in [1.82, 2.24) is 0 Å². The Kier molecular flexibility index (Phi) is 13.7. The van der Waals surface area contributed by atoms with Crippen molar-refractivity contribution in [2.24, 2.45) is 0 Å². The molecule has 0 aromatic carbocycles. The summed E-state index contributed by atoms with van der Waals surface area (Å²) in [6, 6.07) is 0. The van der Waals surface area contributed by atoms with Crippen LogP contribution in [0.25, 0.3) is 0 Å². The van der Waals surface area contributed by atoms with E-state index in [9.17, 15) is 22.0 Å². The fraction of sp³-hybridized carbons (Fsp3) is 1.00. The smallest absolute Gasteiger partial charge is 0.196 e. The van der Waals surface area contributed by atoms with E-state index in [1.54, 1.807) is 0 Å². The lowest BCUT2D eigenvalue weighted by atomic mass is 10.0. The number of rotatable bonds is 16. The first kappa shape index (κ1) is 23.6. The molecule has 0 aliphatic carbocycles. The van der Waals surface area contributed by atoms with Gasteiger partial charge in [0.25, 0.3) is 0 Å². The molecule has 0 fully saturated rings. The molecule has 0 amide bonds. The molecular weight excluding hydrogens is 323 g/mol. The van der Waals surface area contributed by atoms with E-state index in [2.05, 4.69) is 6.92 Å². The molecule has 0 radical (unpaired) electrons. The summed E-state index contributed by atoms with van der Waals surface area (Å²) in [7, 11) is 0. The van der Waals surface area contributed by atoms with Crippen LogP contribution in [0.3, 0.4) is 0 Å². The molecule has 5 heteroatoms. The van der Waals surface area contributed by atoms with E-state index in [1.807, 2.05) is 0 Å². The second kappa shape index (κ2) is 13.9. The summed E-state index contributed by atoms with van der Waals surface area (Å²) in [5.41, 5.74) is 0. The lowest BCUT2D eigenvalue weighted by molar-refractivity contribution is -0.284. The lowest BCUT2D eigenvalue weighted by Gasteiger charge is -2.19. The van der Waals surface area contributed by atoms with Crippen LogP contribution in [0.4, 0.5) is 22.0 Å². The fourth-order valence-corrected chi connectivity index (χ4v) is 2.86. The number of hydrogen-bond donors (Lipinski definition) is 0. The SMILES string of the molecule is CCCCCCCCCCCCCCCCCC(F)(F)C(F)(F)F. The monoisotopic (exact) mass is 358 g/mol. The number of hydrogen-bond acceptors (Lipinski definition) is 0. The average molecular weight is 358 g/mol. The van der Waals surface area contributed by atoms with Crippen LogP contribution >= 0.6 is 0 Å². The van der Waals surface area contributed by atoms with Gasteiger partial charge in [-0.05, 0) is 6.42 Å². The van der Waals surface area contributed by atoms with Crippen molar-refractivity contribution in [3.05, 3.63) is 0 Å². The predicted molar refractivity (Wildman–Crippen MR) is 90.5 cm³/mol. The van der Waals surface area contributed by atoms with Crippen LogP contribution in [-0.4, -0.2) is 12.1 Å². The molecule has 0 aromatic heterocycles. The molecular formula is C19H35F5. The Balaban J connectivity index is 3.24. The number of unbranched alkanes of at least 4 members (excludes halogenated alkanes) is 14. The molecule has 0 heterocycles. The molecule has 0 bridgehead atoms. The van der Waals surface area contributed by atoms with Crippen molar-refractivity contribution in [2.45, 2.75) is 122 Å². The summed E-state index contributed by atoms with van der Waals surface area (Å²) in [5, 5.41) is 0. The minimum absolute atomic E-state index is 0.0511. The molecule has 0 saturated carbocycles. The second-order valence-corrected chi connectivity index (χ2v) is 6.90. The Labute approximate surface area is 144 Å². The Morgan fingerprint density at radius 2 is 0.750 bits per heavy atom. The van der Waals surface area contributed by atoms with Gasteiger partial charge in [0.2, 0.25) is 0 Å². The Morgan fingerprint density at radius 1 is 0.458 bits per heavy atom. The molecule has 0 rings (SSSR count). The fourth-order valence-electron chi connectivity index (χ4n) is 2.86. The highest BCUT2D eigenvalue weighted by Crippen LogP contribution is 2.39. The summed E-state index contributed by atoms with van der Waals surface area (Å²) in [6.07, 6.45) is 9.57. The first-order valence-electron chi connectivity index (χ1n) is 9.76. The molecule has 0 aliphatic heterocycles. The second-order valence-electron chi connectivity index (χ2n) is 6.90. The highest BCUT2D eigenvalue weighted by atomic mass is 19.4. The van der Waals surface area contributed by atoms with E-state index in [0.717, 1.165) is 25.7 Å². The van der Waals surface area contributed by atoms with Gasteiger partial charge in [0, 0.05) is 6.42 Å². The molecule has 0 atom stereocenters. The van der Waals surface area contributed by atoms with Gasteiger partial charge in [0.15, 0.2) is 0 Å². The molecule has 0 aromatic rings. The van der Waals surface area contributed by atoms with Crippen molar-refractivity contribution >= 4 is 0 Å². The van der Waals surface area contributed by atoms with E-state index in [4.69, 9.17) is 0 Å². The van der Waals surface area contributed by atoms with Gasteiger partial charge in [0.1, 0.15) is 0 Å². The van der Waals surface area contributed by atoms with Crippen LogP contribution in [0.5, 0.6) is 0 Å². The molecule has 0 aliphatic rings. The molecule has 146 valence electrons. The van der Waals surface area contributed by atoms with Crippen molar-refractivity contribution in [3.63, 3.8) is 0 Å². The minimum atomic E-state index is -5.40. The van der Waals surface area contributed by atoms with Crippen LogP contribution in [0.2, 0.25) is 0 Å². The largest absolute Gasteiger partial charge is 0.453 e. The standard InChI is InChI=1S/C19H35F5/c1-2-3-4-5-6-7-8-9-10-11-12-13-14-15-16-17-18(20,21)19(22,23)24/h2-17H2,1H3. The topological polar surface area (TPSA) is 0 Å². The van der Waals surface area contributed by atoms with E-state index in [0.29, 0.717) is 6.42 Å². The number of alkyl halides is 5. The molecule has 0 spiro atoms. The predicted octanol–water partition coefficient (Wildman–Crippen LogP) is 8.45. The van der Waals surface area contributed by atoms with Crippen molar-refractivity contribution in [2.75, 3.05) is 0 Å². The molecule has 0 saturated heterocycles. The average Bonchev–Trinajstić information content (AvgIpc) is 2.50. The number of halogens is 5. The summed E-state index contributed by atoms with van der Waals surface area (Å²) in [4.78, 5) is 0. The van der Waals surface area contributed by atoms with E-state index in [-0.39, 0.29) is 6.42 Å². The summed E-state index contributed by atoms with van der Waals surface area (Å²) in [5.74, 6) is -4.52. The van der Waals surface area contributed by atoms with E-state index < -0.39 is 18.5 Å². The Morgan fingerprint density at radius 3 is 1.04 bits per heavy atom. The summed E-state index contributed by atoms with van der Waals surface area (Å²) >= 11 is 0. The van der Waals surface area contributed by atoms with Crippen molar-refractivity contribution in [3.8, 4) is 0 Å². The van der Waals surface area contributed by atoms with Gasteiger partial charge in [-0.1, -0.05) is 96.8 Å². The highest BCUT2D eigenvalue weighted by molar-refractivity contribution is 4.75. The third-order valence-electron chi connectivity index (χ3n) is 4.51. The maximum absolute atomic E-state index is 12.7. The Bertz CT molecular complexity index is 273. The zero-order valence-electron chi connectivity index (χ0n) is 15.2. The van der Waals surface area contributed by atoms with Crippen LogP contribution in [0.15, 0.2) is 0 Å². The first-order chi connectivity index (χ1) is 11.3. The molecule has 0 nitrogen and oxygen atoms in total. The van der Waals surface area contributed by atoms with Gasteiger partial charge >= 0.3 is 12.1 Å². The minimum Gasteiger partial charge on any atom is -0.196 e. The van der Waals surface area contributed by atoms with Gasteiger partial charge in [-0.15, -0.1) is 0 Å². The first-order valence-corrected chi connectivity index (χ1v) is 9.76. The van der Waals surface area contributed by atoms with Crippen LogP contribution in [0.1, 0.15) is 110 Å². The molecule has 0 unspecified atom stereocenters. The Hall–Kier alpha value is -0.350. The van der Waals surface area contributed by atoms with Crippen molar-refractivity contribution < 1.29 is 22.0 Å². The zero-order chi connectivity index (χ0) is 18.3. The highest BCUT2D eigenvalue weighted by Gasteiger charge is 2.56. The summed E-state index contributed by atoms with van der Waals surface area (Å²) in [6.45, 7) is 2.22. The van der Waals surface area contributed by atoms with Crippen LogP contribution in [0, 0.1) is 0 Å². The zero-order valence-corrected chi connectivity index (χ0v) is 15.2. The quantitative estimate of drug-likeness (QED) is 0.192. The third kappa shape index (κ3) is 13.0. The van der Waals surface area contributed by atoms with Gasteiger partial charge in [0.05, 0.1) is 0 Å². The summed E-state index contributed by atoms with van der Waals surface area (Å²) < 4.78 is 61.2. The maximum atomic E-state index is 12.7. The van der Waals surface area contributed by atoms with E-state index in [1.165, 1.54) is 57.8 Å². The van der Waals surface area contributed by atoms with Crippen molar-refractivity contribution in [1.29, 1.82) is 0 Å². The van der Waals surface area contributed by atoms with Gasteiger partial charge < -0.3 is 0 Å².